The summed E-state index contributed by atoms with van der Waals surface area (Å²) in [6.45, 7) is -1.14. The highest BCUT2D eigenvalue weighted by Gasteiger charge is 2.47. The molecule has 2 fully saturated rings. The molecule has 0 bridgehead atoms. The zero-order valence-corrected chi connectivity index (χ0v) is 21.2. The molecule has 0 amide bonds. The Morgan fingerprint density at radius 3 is 2.40 bits per heavy atom. The van der Waals surface area contributed by atoms with Crippen LogP contribution in [0.25, 0.3) is 11.2 Å². The highest BCUT2D eigenvalue weighted by Crippen LogP contribution is 2.57. The summed E-state index contributed by atoms with van der Waals surface area (Å²) in [4.78, 5) is 57.0. The normalized spacial score (nSPS) is 35.8. The van der Waals surface area contributed by atoms with E-state index in [4.69, 9.17) is 10.5 Å². The second-order valence-corrected chi connectivity index (χ2v) is 11.3. The van der Waals surface area contributed by atoms with Crippen LogP contribution in [0.15, 0.2) is 11.1 Å². The third-order valence-electron chi connectivity index (χ3n) is 5.69. The molecule has 24 heteroatoms. The molecule has 224 valence electrons. The molecule has 2 aromatic heterocycles. The van der Waals surface area contributed by atoms with Gasteiger partial charge in [0.2, 0.25) is 5.95 Å². The van der Waals surface area contributed by atoms with E-state index in [0.717, 1.165) is 10.9 Å². The molecule has 4 rings (SSSR count). The number of rotatable bonds is 9. The standard InChI is InChI=1S/C16H23N5O17P2/c17-16-19-11-4(12(27)20-16)18-2-21(11)13-8(25)5(22)3(35-13)1-34-39(30,31)38-40(32,33)37-15-9(26)6(23)7(24)10(36-15)14(28)29/h2-3,5-10,13,15,22-26H,1H2,(H,28,29)(H,30,31)(H,32,33)(H3,17,19,20,27)/p-3/t3-,5-,6+,7+,8-,9+,10+,13-,15-/m1/s1. The van der Waals surface area contributed by atoms with Crippen molar-refractivity contribution in [3.8, 4) is 0 Å². The van der Waals surface area contributed by atoms with Crippen molar-refractivity contribution in [3.63, 3.8) is 0 Å². The van der Waals surface area contributed by atoms with E-state index in [9.17, 15) is 59.1 Å². The van der Waals surface area contributed by atoms with E-state index >= 15 is 0 Å². The minimum atomic E-state index is -6.06. The Morgan fingerprint density at radius 1 is 1.07 bits per heavy atom. The molecule has 0 aliphatic carbocycles. The number of fused-ring (bicyclic) bond motifs is 1. The number of anilines is 1. The second-order valence-electron chi connectivity index (χ2n) is 8.41. The molecule has 22 nitrogen and oxygen atoms in total. The lowest BCUT2D eigenvalue weighted by Gasteiger charge is -2.42. The number of ether oxygens (including phenoxy) is 2. The molecule has 0 saturated carbocycles. The first-order chi connectivity index (χ1) is 18.5. The molecule has 8 N–H and O–H groups in total. The van der Waals surface area contributed by atoms with E-state index < -0.39 is 89.0 Å². The number of nitrogens with one attached hydrogen (secondary N) is 1. The molecule has 2 aliphatic heterocycles. The number of aromatic nitrogens is 4. The van der Waals surface area contributed by atoms with Crippen LogP contribution in [0.5, 0.6) is 0 Å². The summed E-state index contributed by atoms with van der Waals surface area (Å²) >= 11 is 0. The van der Waals surface area contributed by atoms with E-state index in [1.165, 1.54) is 0 Å². The third kappa shape index (κ3) is 6.10. The predicted molar refractivity (Wildman–Crippen MR) is 114 cm³/mol. The number of nitrogens with zero attached hydrogens (tertiary/aromatic N) is 3. The summed E-state index contributed by atoms with van der Waals surface area (Å²) in [5.41, 5.74) is 4.40. The van der Waals surface area contributed by atoms with Gasteiger partial charge in [-0.05, 0) is 0 Å². The van der Waals surface area contributed by atoms with E-state index in [1.54, 1.807) is 0 Å². The summed E-state index contributed by atoms with van der Waals surface area (Å²) in [5.74, 6) is -2.44. The Hall–Kier alpha value is -2.40. The van der Waals surface area contributed by atoms with E-state index in [0.29, 0.717) is 0 Å². The number of imidazole rings is 1. The summed E-state index contributed by atoms with van der Waals surface area (Å²) in [6.07, 6.45) is -17.6. The number of phosphoric acid groups is 2. The monoisotopic (exact) mass is 616 g/mol. The van der Waals surface area contributed by atoms with E-state index in [2.05, 4.69) is 33.0 Å². The number of carbonyl (C=O) groups excluding carboxylic acids is 1. The number of aliphatic carboxylic acids is 1. The minimum absolute atomic E-state index is 0.160. The number of carboxylic acid groups (broad SMARTS) is 1. The maximum Gasteiger partial charge on any atom is 0.280 e. The highest BCUT2D eigenvalue weighted by atomic mass is 31.3. The van der Waals surface area contributed by atoms with Gasteiger partial charge in [0.15, 0.2) is 23.7 Å². The minimum Gasteiger partial charge on any atom is -0.756 e. The van der Waals surface area contributed by atoms with Crippen LogP contribution in [-0.4, -0.2) is 107 Å². The number of aliphatic hydroxyl groups excluding tert-OH is 5. The Kier molecular flexibility index (Phi) is 8.49. The fourth-order valence-corrected chi connectivity index (χ4v) is 5.89. The quantitative estimate of drug-likeness (QED) is 0.129. The van der Waals surface area contributed by atoms with Gasteiger partial charge in [-0.3, -0.25) is 28.0 Å². The fraction of sp³-hybridized carbons (Fsp3) is 0.625. The number of nitrogens with two attached hydrogens (primary N) is 1. The lowest BCUT2D eigenvalue weighted by atomic mass is 9.99. The molecular weight excluding hydrogens is 596 g/mol. The molecule has 2 aliphatic rings. The number of hydrogen-bond acceptors (Lipinski definition) is 20. The highest BCUT2D eigenvalue weighted by molar-refractivity contribution is 7.59. The molecule has 0 spiro atoms. The largest absolute Gasteiger partial charge is 0.756 e. The molecule has 0 aromatic carbocycles. The van der Waals surface area contributed by atoms with Gasteiger partial charge in [-0.15, -0.1) is 0 Å². The van der Waals surface area contributed by atoms with Crippen molar-refractivity contribution in [1.82, 2.24) is 19.5 Å². The number of hydrogen-bond donors (Lipinski definition) is 7. The fourth-order valence-electron chi connectivity index (χ4n) is 3.81. The first-order valence-electron chi connectivity index (χ1n) is 10.8. The molecule has 2 saturated heterocycles. The summed E-state index contributed by atoms with van der Waals surface area (Å²) in [5, 5.41) is 60.7. The molecular formula is C16H20N5O17P2-3. The van der Waals surface area contributed by atoms with Crippen LogP contribution in [0.2, 0.25) is 0 Å². The third-order valence-corrected chi connectivity index (χ3v) is 8.23. The average molecular weight is 616 g/mol. The van der Waals surface area contributed by atoms with Crippen molar-refractivity contribution in [2.45, 2.75) is 55.2 Å². The summed E-state index contributed by atoms with van der Waals surface area (Å²) in [7, 11) is -11.9. The van der Waals surface area contributed by atoms with Crippen LogP contribution in [0.3, 0.4) is 0 Å². The van der Waals surface area contributed by atoms with Gasteiger partial charge in [0.1, 0.15) is 42.7 Å². The van der Waals surface area contributed by atoms with Crippen LogP contribution in [-0.2, 0) is 36.8 Å². The number of carboxylic acids is 1. The molecule has 0 radical (unpaired) electrons. The van der Waals surface area contributed by atoms with E-state index in [-0.39, 0.29) is 17.1 Å². The molecule has 40 heavy (non-hydrogen) atoms. The Morgan fingerprint density at radius 2 is 1.75 bits per heavy atom. The van der Waals surface area contributed by atoms with Crippen molar-refractivity contribution in [1.29, 1.82) is 0 Å². The zero-order valence-electron chi connectivity index (χ0n) is 19.4. The van der Waals surface area contributed by atoms with Gasteiger partial charge in [-0.25, -0.2) is 9.29 Å². The summed E-state index contributed by atoms with van der Waals surface area (Å²) in [6, 6.07) is 0. The maximum absolute atomic E-state index is 12.1. The first kappa shape index (κ1) is 30.6. The molecule has 11 atom stereocenters. The number of aliphatic hydroxyl groups is 5. The van der Waals surface area contributed by atoms with E-state index in [1.807, 2.05) is 0 Å². The first-order valence-corrected chi connectivity index (χ1v) is 13.7. The SMILES string of the molecule is Nc1nc2c(ncn2[C@@H]2O[C@H](COP(=O)([O-])OP(=O)([O-])O[C@H]3O[C@H](C(=O)[O-])[C@@H](O)[C@H](O)[C@@H]3O)[C@@H](O)[C@H]2O)c(=O)[nH]1. The second kappa shape index (κ2) is 11.1. The zero-order chi connectivity index (χ0) is 29.7. The number of aromatic amines is 1. The maximum atomic E-state index is 12.1. The van der Waals surface area contributed by atoms with Gasteiger partial charge in [0, 0.05) is 0 Å². The van der Waals surface area contributed by atoms with Gasteiger partial charge >= 0.3 is 0 Å². The van der Waals surface area contributed by atoms with Crippen LogP contribution in [0.1, 0.15) is 6.23 Å². The summed E-state index contributed by atoms with van der Waals surface area (Å²) < 4.78 is 47.5. The predicted octanol–water partition coefficient (Wildman–Crippen LogP) is -7.13. The van der Waals surface area contributed by atoms with Crippen LogP contribution < -0.4 is 26.2 Å². The Balaban J connectivity index is 1.40. The smallest absolute Gasteiger partial charge is 0.280 e. The number of phosphoric ester groups is 2. The molecule has 2 unspecified atom stereocenters. The molecule has 2 aromatic rings. The lowest BCUT2D eigenvalue weighted by molar-refractivity contribution is -0.348. The topological polar surface area (TPSA) is 357 Å². The van der Waals surface area contributed by atoms with Crippen molar-refractivity contribution in [2.75, 3.05) is 12.3 Å². The van der Waals surface area contributed by atoms with Crippen molar-refractivity contribution < 1.29 is 77.2 Å². The lowest BCUT2D eigenvalue weighted by Crippen LogP contribution is -2.62. The van der Waals surface area contributed by atoms with Gasteiger partial charge in [0.25, 0.3) is 21.2 Å². The van der Waals surface area contributed by atoms with Crippen molar-refractivity contribution in [3.05, 3.63) is 16.7 Å². The van der Waals surface area contributed by atoms with Gasteiger partial charge in [-0.2, -0.15) is 4.98 Å². The van der Waals surface area contributed by atoms with Crippen LogP contribution >= 0.6 is 15.6 Å². The Labute approximate surface area is 220 Å². The van der Waals surface area contributed by atoms with Crippen LogP contribution in [0, 0.1) is 0 Å². The number of nitrogen functional groups attached to an aromatic ring is 1. The van der Waals surface area contributed by atoms with Gasteiger partial charge < -0.3 is 65.0 Å². The molecule has 4 heterocycles. The van der Waals surface area contributed by atoms with Gasteiger partial charge in [0.05, 0.1) is 18.9 Å². The number of carbonyl (C=O) groups is 1. The van der Waals surface area contributed by atoms with Crippen molar-refractivity contribution in [2.24, 2.45) is 0 Å². The number of H-pyrrole nitrogens is 1. The van der Waals surface area contributed by atoms with Crippen LogP contribution in [0.4, 0.5) is 5.95 Å². The van der Waals surface area contributed by atoms with Gasteiger partial charge in [-0.1, -0.05) is 0 Å². The average Bonchev–Trinajstić information content (AvgIpc) is 3.38. The Bertz CT molecular complexity index is 1420. The van der Waals surface area contributed by atoms with Crippen molar-refractivity contribution >= 4 is 38.7 Å².